The molecular weight excluding hydrogens is 440 g/mol. The average Bonchev–Trinajstić information content (AvgIpc) is 3.25. The molecule has 2 aromatic rings. The molecule has 1 aromatic heterocycles. The molecule has 1 N–H and O–H groups in total. The van der Waals surface area contributed by atoms with Crippen molar-refractivity contribution in [3.05, 3.63) is 47.7 Å². The highest BCUT2D eigenvalue weighted by atomic mass is 16.6. The highest BCUT2D eigenvalue weighted by Crippen LogP contribution is 2.41. The Kier molecular flexibility index (Phi) is 7.04. The first-order valence-corrected chi connectivity index (χ1v) is 12.9. The molecule has 186 valence electrons. The quantitative estimate of drug-likeness (QED) is 0.542. The molecule has 0 radical (unpaired) electrons. The van der Waals surface area contributed by atoms with E-state index in [-0.39, 0.29) is 24.0 Å². The van der Waals surface area contributed by atoms with Crippen LogP contribution in [0.4, 0.5) is 17.2 Å². The largest absolute Gasteiger partial charge is 0.399 e. The van der Waals surface area contributed by atoms with E-state index in [4.69, 9.17) is 9.57 Å². The summed E-state index contributed by atoms with van der Waals surface area (Å²) in [6.07, 6.45) is 8.80. The molecular formula is C28H36N4O3. The van der Waals surface area contributed by atoms with Crippen molar-refractivity contribution in [2.24, 2.45) is 11.1 Å². The van der Waals surface area contributed by atoms with Gasteiger partial charge in [0.15, 0.2) is 0 Å². The van der Waals surface area contributed by atoms with Gasteiger partial charge in [-0.05, 0) is 88.5 Å². The number of anilines is 3. The second-order valence-corrected chi connectivity index (χ2v) is 10.3. The highest BCUT2D eigenvalue weighted by Gasteiger charge is 2.34. The number of amides is 1. The topological polar surface area (TPSA) is 76.0 Å². The van der Waals surface area contributed by atoms with Crippen LogP contribution in [0.5, 0.6) is 0 Å². The summed E-state index contributed by atoms with van der Waals surface area (Å²) in [5.74, 6) is 1.43. The molecule has 0 bridgehead atoms. The Balaban J connectivity index is 1.43. The Morgan fingerprint density at radius 3 is 2.77 bits per heavy atom. The Hall–Kier alpha value is -2.93. The fourth-order valence-electron chi connectivity index (χ4n) is 5.77. The molecule has 2 heterocycles. The normalized spacial score (nSPS) is 25.1. The van der Waals surface area contributed by atoms with Gasteiger partial charge in [0.05, 0.1) is 35.8 Å². The number of hydrogen-bond donors (Lipinski definition) is 1. The number of benzene rings is 1. The second-order valence-electron chi connectivity index (χ2n) is 10.3. The maximum atomic E-state index is 14.0. The van der Waals surface area contributed by atoms with Crippen LogP contribution in [0.3, 0.4) is 0 Å². The third-order valence-corrected chi connectivity index (χ3v) is 7.49. The summed E-state index contributed by atoms with van der Waals surface area (Å²) in [4.78, 5) is 25.5. The van der Waals surface area contributed by atoms with E-state index < -0.39 is 0 Å². The molecule has 1 unspecified atom stereocenters. The van der Waals surface area contributed by atoms with Crippen molar-refractivity contribution in [2.45, 2.75) is 83.5 Å². The number of carbonyl (C=O) groups is 1. The zero-order valence-corrected chi connectivity index (χ0v) is 21.0. The number of fused-ring (bicyclic) bond motifs is 2. The van der Waals surface area contributed by atoms with Gasteiger partial charge in [-0.15, -0.1) is 0 Å². The van der Waals surface area contributed by atoms with Gasteiger partial charge in [-0.2, -0.15) is 0 Å². The summed E-state index contributed by atoms with van der Waals surface area (Å²) in [5, 5.41) is 7.68. The molecule has 0 spiro atoms. The van der Waals surface area contributed by atoms with E-state index in [1.165, 1.54) is 5.56 Å². The molecule has 1 aromatic carbocycles. The first kappa shape index (κ1) is 23.8. The lowest BCUT2D eigenvalue weighted by Gasteiger charge is -2.33. The molecule has 5 rings (SSSR count). The third kappa shape index (κ3) is 5.20. The molecule has 1 atom stereocenters. The summed E-state index contributed by atoms with van der Waals surface area (Å²) in [6.45, 7) is 4.68. The Bertz CT molecular complexity index is 1090. The van der Waals surface area contributed by atoms with Gasteiger partial charge in [0.2, 0.25) is 5.91 Å². The van der Waals surface area contributed by atoms with Crippen LogP contribution in [-0.4, -0.2) is 35.9 Å². The van der Waals surface area contributed by atoms with E-state index in [0.717, 1.165) is 73.4 Å². The van der Waals surface area contributed by atoms with Crippen LogP contribution in [0.2, 0.25) is 0 Å². The molecule has 3 aliphatic rings. The SMILES string of the molecule is CO/N=C1/CCC(c2ccc3c(c2)N(C(=O)[C@H]2CC[C@H](OC(C)C)CC2)Cc2cccnc2N3)C1. The number of ether oxygens (including phenoxy) is 1. The Morgan fingerprint density at radius 1 is 1.17 bits per heavy atom. The summed E-state index contributed by atoms with van der Waals surface area (Å²) in [6, 6.07) is 10.5. The van der Waals surface area contributed by atoms with Gasteiger partial charge < -0.3 is 19.8 Å². The number of oxime groups is 1. The fraction of sp³-hybridized carbons (Fsp3) is 0.536. The van der Waals surface area contributed by atoms with E-state index in [9.17, 15) is 4.79 Å². The minimum atomic E-state index is 0.0173. The van der Waals surface area contributed by atoms with E-state index in [1.54, 1.807) is 13.3 Å². The van der Waals surface area contributed by atoms with Crippen molar-refractivity contribution in [2.75, 3.05) is 17.3 Å². The minimum Gasteiger partial charge on any atom is -0.399 e. The first-order chi connectivity index (χ1) is 17.0. The summed E-state index contributed by atoms with van der Waals surface area (Å²) < 4.78 is 6.02. The van der Waals surface area contributed by atoms with Crippen LogP contribution < -0.4 is 10.2 Å². The van der Waals surface area contributed by atoms with Gasteiger partial charge >= 0.3 is 0 Å². The summed E-state index contributed by atoms with van der Waals surface area (Å²) >= 11 is 0. The van der Waals surface area contributed by atoms with Crippen LogP contribution >= 0.6 is 0 Å². The van der Waals surface area contributed by atoms with E-state index in [0.29, 0.717) is 12.5 Å². The van der Waals surface area contributed by atoms with Crippen molar-refractivity contribution < 1.29 is 14.4 Å². The van der Waals surface area contributed by atoms with Crippen molar-refractivity contribution in [1.29, 1.82) is 0 Å². The molecule has 35 heavy (non-hydrogen) atoms. The van der Waals surface area contributed by atoms with Crippen LogP contribution in [0.1, 0.15) is 75.8 Å². The zero-order valence-electron chi connectivity index (χ0n) is 21.0. The maximum Gasteiger partial charge on any atom is 0.230 e. The molecule has 2 aliphatic carbocycles. The lowest BCUT2D eigenvalue weighted by atomic mass is 9.86. The predicted molar refractivity (Wildman–Crippen MR) is 138 cm³/mol. The molecule has 0 saturated heterocycles. The Labute approximate surface area is 207 Å². The van der Waals surface area contributed by atoms with Gasteiger partial charge in [-0.25, -0.2) is 4.98 Å². The van der Waals surface area contributed by atoms with Crippen LogP contribution in [-0.2, 0) is 20.9 Å². The first-order valence-electron chi connectivity index (χ1n) is 12.9. The van der Waals surface area contributed by atoms with E-state index in [1.807, 2.05) is 11.0 Å². The monoisotopic (exact) mass is 476 g/mol. The maximum absolute atomic E-state index is 14.0. The second kappa shape index (κ2) is 10.4. The lowest BCUT2D eigenvalue weighted by Crippen LogP contribution is -2.38. The standard InChI is InChI=1S/C28H36N4O3/c1-18(2)35-24-11-7-19(8-12-24)28(33)32-17-22-5-4-14-29-27(22)30-25-13-9-21(16-26(25)32)20-6-10-23(15-20)31-34-3/h4-5,9,13-14,16,18-20,24H,6-8,10-12,15,17H2,1-3H3,(H,29,30)/b31-23-/t19-,20?,24-. The number of rotatable bonds is 5. The summed E-state index contributed by atoms with van der Waals surface area (Å²) in [5.41, 5.74) is 5.27. The molecule has 2 fully saturated rings. The van der Waals surface area contributed by atoms with Gasteiger partial charge in [0.25, 0.3) is 0 Å². The van der Waals surface area contributed by atoms with Gasteiger partial charge in [0.1, 0.15) is 12.9 Å². The van der Waals surface area contributed by atoms with Crippen LogP contribution in [0, 0.1) is 5.92 Å². The smallest absolute Gasteiger partial charge is 0.230 e. The Morgan fingerprint density at radius 2 is 2.00 bits per heavy atom. The molecule has 1 aliphatic heterocycles. The van der Waals surface area contributed by atoms with Gasteiger partial charge in [0, 0.05) is 17.7 Å². The average molecular weight is 477 g/mol. The number of carbonyl (C=O) groups excluding carboxylic acids is 1. The van der Waals surface area contributed by atoms with Crippen molar-refractivity contribution in [3.8, 4) is 0 Å². The minimum absolute atomic E-state index is 0.0173. The molecule has 7 nitrogen and oxygen atoms in total. The predicted octanol–water partition coefficient (Wildman–Crippen LogP) is 5.93. The number of nitrogens with zero attached hydrogens (tertiary/aromatic N) is 3. The van der Waals surface area contributed by atoms with Crippen molar-refractivity contribution >= 4 is 28.8 Å². The van der Waals surface area contributed by atoms with E-state index >= 15 is 0 Å². The third-order valence-electron chi connectivity index (χ3n) is 7.49. The number of pyridine rings is 1. The van der Waals surface area contributed by atoms with Crippen molar-refractivity contribution in [1.82, 2.24) is 4.98 Å². The fourth-order valence-corrected chi connectivity index (χ4v) is 5.77. The highest BCUT2D eigenvalue weighted by molar-refractivity contribution is 6.00. The number of hydrogen-bond acceptors (Lipinski definition) is 6. The van der Waals surface area contributed by atoms with Crippen LogP contribution in [0.25, 0.3) is 0 Å². The van der Waals surface area contributed by atoms with Crippen LogP contribution in [0.15, 0.2) is 41.7 Å². The van der Waals surface area contributed by atoms with E-state index in [2.05, 4.69) is 53.6 Å². The number of nitrogens with one attached hydrogen (secondary N) is 1. The molecule has 7 heteroatoms. The summed E-state index contributed by atoms with van der Waals surface area (Å²) in [7, 11) is 1.60. The molecule has 2 saturated carbocycles. The number of aromatic nitrogens is 1. The van der Waals surface area contributed by atoms with Gasteiger partial charge in [-0.1, -0.05) is 17.3 Å². The molecule has 1 amide bonds. The van der Waals surface area contributed by atoms with Crippen molar-refractivity contribution in [3.63, 3.8) is 0 Å². The lowest BCUT2D eigenvalue weighted by molar-refractivity contribution is -0.124. The zero-order chi connectivity index (χ0) is 24.4. The van der Waals surface area contributed by atoms with Gasteiger partial charge in [-0.3, -0.25) is 4.79 Å².